The van der Waals surface area contributed by atoms with Gasteiger partial charge in [0.2, 0.25) is 0 Å². The molecule has 3 heterocycles. The predicted octanol–water partition coefficient (Wildman–Crippen LogP) is 3.71. The molecule has 1 amide bonds. The van der Waals surface area contributed by atoms with Crippen LogP contribution in [0.1, 0.15) is 58.1 Å². The van der Waals surface area contributed by atoms with Gasteiger partial charge in [-0.1, -0.05) is 0 Å². The number of fused-ring (bicyclic) bond motifs is 2. The Morgan fingerprint density at radius 2 is 1.90 bits per heavy atom. The van der Waals surface area contributed by atoms with Crippen molar-refractivity contribution in [3.8, 4) is 5.69 Å². The van der Waals surface area contributed by atoms with E-state index in [4.69, 9.17) is 4.98 Å². The van der Waals surface area contributed by atoms with Crippen molar-refractivity contribution in [1.82, 2.24) is 24.6 Å². The highest BCUT2D eigenvalue weighted by atomic mass is 16.2. The number of amides is 1. The molecule has 1 fully saturated rings. The summed E-state index contributed by atoms with van der Waals surface area (Å²) in [6, 6.07) is 9.85. The average molecular weight is 402 g/mol. The number of piperidine rings is 1. The van der Waals surface area contributed by atoms with E-state index in [1.165, 1.54) is 11.3 Å². The second-order valence-corrected chi connectivity index (χ2v) is 8.79. The minimum atomic E-state index is -0.0133. The van der Waals surface area contributed by atoms with Gasteiger partial charge in [-0.25, -0.2) is 14.6 Å². The zero-order valence-electron chi connectivity index (χ0n) is 17.9. The van der Waals surface area contributed by atoms with Gasteiger partial charge in [0.25, 0.3) is 5.91 Å². The lowest BCUT2D eigenvalue weighted by Gasteiger charge is -2.40. The fourth-order valence-corrected chi connectivity index (χ4v) is 5.15. The Labute approximate surface area is 177 Å². The number of aromatic nitrogens is 4. The average Bonchev–Trinajstić information content (AvgIpc) is 3.27. The number of nitrogens with zero attached hydrogens (tertiary/aromatic N) is 5. The van der Waals surface area contributed by atoms with Crippen LogP contribution >= 0.6 is 0 Å². The van der Waals surface area contributed by atoms with Gasteiger partial charge in [-0.15, -0.1) is 0 Å². The first-order valence-electron chi connectivity index (χ1n) is 10.7. The SMILES string of the molecule is Cc1cc(C)n(-c2ccc(C(=O)N3CCCC4(CCc5cnc(C)nc54)C3)cc2)n1. The molecular formula is C24H27N5O. The van der Waals surface area contributed by atoms with Gasteiger partial charge in [0.15, 0.2) is 0 Å². The zero-order chi connectivity index (χ0) is 20.9. The van der Waals surface area contributed by atoms with Crippen LogP contribution in [0.25, 0.3) is 5.69 Å². The van der Waals surface area contributed by atoms with E-state index in [1.807, 2.05) is 60.8 Å². The Hall–Kier alpha value is -3.02. The standard InChI is InChI=1S/C24H27N5O/c1-16-13-17(2)29(27-16)21-7-5-19(6-8-21)23(30)28-12-4-10-24(15-28)11-9-20-14-25-18(3)26-22(20)24/h5-8,13-14H,4,9-12,15H2,1-3H3. The number of carbonyl (C=O) groups excluding carboxylic acids is 1. The molecule has 1 saturated heterocycles. The fraction of sp³-hybridized carbons (Fsp3) is 0.417. The third kappa shape index (κ3) is 3.11. The molecule has 0 bridgehead atoms. The van der Waals surface area contributed by atoms with E-state index in [1.54, 1.807) is 0 Å². The lowest BCUT2D eigenvalue weighted by molar-refractivity contribution is 0.0633. The molecule has 1 spiro atoms. The predicted molar refractivity (Wildman–Crippen MR) is 115 cm³/mol. The van der Waals surface area contributed by atoms with E-state index in [-0.39, 0.29) is 11.3 Å². The van der Waals surface area contributed by atoms with Crippen molar-refractivity contribution in [2.75, 3.05) is 13.1 Å². The van der Waals surface area contributed by atoms with Crippen LogP contribution in [0, 0.1) is 20.8 Å². The van der Waals surface area contributed by atoms with E-state index in [9.17, 15) is 4.79 Å². The van der Waals surface area contributed by atoms with Crippen molar-refractivity contribution >= 4 is 5.91 Å². The van der Waals surface area contributed by atoms with Gasteiger partial charge in [0.05, 0.1) is 17.1 Å². The van der Waals surface area contributed by atoms with Gasteiger partial charge < -0.3 is 4.90 Å². The van der Waals surface area contributed by atoms with Crippen LogP contribution < -0.4 is 0 Å². The van der Waals surface area contributed by atoms with E-state index in [0.717, 1.165) is 67.2 Å². The van der Waals surface area contributed by atoms with Crippen LogP contribution in [0.15, 0.2) is 36.5 Å². The number of aryl methyl sites for hydroxylation is 4. The summed E-state index contributed by atoms with van der Waals surface area (Å²) < 4.78 is 1.91. The molecule has 1 aromatic carbocycles. The molecule has 5 rings (SSSR count). The number of hydrogen-bond donors (Lipinski definition) is 0. The van der Waals surface area contributed by atoms with Gasteiger partial charge in [0.1, 0.15) is 5.82 Å². The minimum absolute atomic E-state index is 0.0133. The van der Waals surface area contributed by atoms with Gasteiger partial charge in [-0.2, -0.15) is 5.10 Å². The van der Waals surface area contributed by atoms with Crippen LogP contribution in [0.5, 0.6) is 0 Å². The molecule has 1 atom stereocenters. The summed E-state index contributed by atoms with van der Waals surface area (Å²) in [6.45, 7) is 7.52. The highest BCUT2D eigenvalue weighted by molar-refractivity contribution is 5.94. The molecule has 3 aromatic rings. The first-order valence-corrected chi connectivity index (χ1v) is 10.7. The summed E-state index contributed by atoms with van der Waals surface area (Å²) in [5.74, 6) is 0.923. The third-order valence-electron chi connectivity index (χ3n) is 6.59. The van der Waals surface area contributed by atoms with Crippen molar-refractivity contribution < 1.29 is 4.79 Å². The Balaban J connectivity index is 1.38. The minimum Gasteiger partial charge on any atom is -0.338 e. The van der Waals surface area contributed by atoms with Crippen LogP contribution in [-0.4, -0.2) is 43.6 Å². The van der Waals surface area contributed by atoms with E-state index in [0.29, 0.717) is 0 Å². The molecule has 1 unspecified atom stereocenters. The van der Waals surface area contributed by atoms with Crippen molar-refractivity contribution in [3.63, 3.8) is 0 Å². The van der Waals surface area contributed by atoms with E-state index < -0.39 is 0 Å². The topological polar surface area (TPSA) is 63.9 Å². The summed E-state index contributed by atoms with van der Waals surface area (Å²) in [6.07, 6.45) is 6.15. The van der Waals surface area contributed by atoms with Gasteiger partial charge >= 0.3 is 0 Å². The smallest absolute Gasteiger partial charge is 0.253 e. The maximum atomic E-state index is 13.3. The van der Waals surface area contributed by atoms with Crippen LogP contribution in [0.3, 0.4) is 0 Å². The Kier molecular flexibility index (Phi) is 4.45. The second-order valence-electron chi connectivity index (χ2n) is 8.79. The molecule has 0 saturated carbocycles. The number of hydrogen-bond acceptors (Lipinski definition) is 4. The van der Waals surface area contributed by atoms with Gasteiger partial charge in [-0.3, -0.25) is 4.79 Å². The molecule has 1 aliphatic carbocycles. The maximum absolute atomic E-state index is 13.3. The fourth-order valence-electron chi connectivity index (χ4n) is 5.15. The van der Waals surface area contributed by atoms with E-state index in [2.05, 4.69) is 16.1 Å². The van der Waals surface area contributed by atoms with E-state index >= 15 is 0 Å². The van der Waals surface area contributed by atoms with Crippen molar-refractivity contribution in [1.29, 1.82) is 0 Å². The highest BCUT2D eigenvalue weighted by Gasteiger charge is 2.44. The Bertz CT molecular complexity index is 1110. The van der Waals surface area contributed by atoms with Crippen LogP contribution in [0.4, 0.5) is 0 Å². The summed E-state index contributed by atoms with van der Waals surface area (Å²) in [4.78, 5) is 24.5. The van der Waals surface area contributed by atoms with Crippen LogP contribution in [-0.2, 0) is 11.8 Å². The van der Waals surface area contributed by atoms with Gasteiger partial charge in [-0.05, 0) is 82.3 Å². The molecule has 6 nitrogen and oxygen atoms in total. The quantitative estimate of drug-likeness (QED) is 0.657. The highest BCUT2D eigenvalue weighted by Crippen LogP contribution is 2.44. The molecule has 2 aliphatic rings. The molecule has 0 radical (unpaired) electrons. The molecular weight excluding hydrogens is 374 g/mol. The van der Waals surface area contributed by atoms with Crippen molar-refractivity contribution in [2.45, 2.75) is 51.9 Å². The first-order chi connectivity index (χ1) is 14.4. The second kappa shape index (κ2) is 7.04. The zero-order valence-corrected chi connectivity index (χ0v) is 17.9. The normalized spacial score (nSPS) is 20.6. The number of benzene rings is 1. The third-order valence-corrected chi connectivity index (χ3v) is 6.59. The lowest BCUT2D eigenvalue weighted by Crippen LogP contribution is -2.48. The molecule has 6 heteroatoms. The number of likely N-dealkylation sites (tertiary alicyclic amines) is 1. The summed E-state index contributed by atoms with van der Waals surface area (Å²) in [5, 5.41) is 4.53. The maximum Gasteiger partial charge on any atom is 0.253 e. The molecule has 0 N–H and O–H groups in total. The monoisotopic (exact) mass is 401 g/mol. The van der Waals surface area contributed by atoms with Crippen LogP contribution in [0.2, 0.25) is 0 Å². The summed E-state index contributed by atoms with van der Waals surface area (Å²) in [5.41, 5.74) is 6.19. The van der Waals surface area contributed by atoms with Crippen molar-refractivity contribution in [3.05, 3.63) is 70.6 Å². The number of rotatable bonds is 2. The van der Waals surface area contributed by atoms with Gasteiger partial charge in [0, 0.05) is 36.0 Å². The molecule has 2 aromatic heterocycles. The summed E-state index contributed by atoms with van der Waals surface area (Å²) >= 11 is 0. The Morgan fingerprint density at radius 3 is 2.63 bits per heavy atom. The van der Waals surface area contributed by atoms with Crippen molar-refractivity contribution in [2.24, 2.45) is 0 Å². The molecule has 154 valence electrons. The number of carbonyl (C=O) groups is 1. The summed E-state index contributed by atoms with van der Waals surface area (Å²) in [7, 11) is 0. The Morgan fingerprint density at radius 1 is 1.10 bits per heavy atom. The molecule has 1 aliphatic heterocycles. The largest absolute Gasteiger partial charge is 0.338 e. The first kappa shape index (κ1) is 19.0. The lowest BCUT2D eigenvalue weighted by atomic mass is 9.77. The molecule has 30 heavy (non-hydrogen) atoms.